The van der Waals surface area contributed by atoms with Crippen molar-refractivity contribution in [1.82, 2.24) is 10.2 Å². The van der Waals surface area contributed by atoms with Gasteiger partial charge in [0, 0.05) is 24.7 Å². The standard InChI is InChI=1S/C21H23F3N2O/c22-21(23,24)18-10-8-17(9-11-18)20(27)26(15-19-7-4-13-25-19)14-12-16-5-2-1-3-6-16/h1-3,5-6,8-11,19,25H,4,7,12-15H2/t19-/m0/s1. The van der Waals surface area contributed by atoms with Gasteiger partial charge in [0.1, 0.15) is 0 Å². The van der Waals surface area contributed by atoms with E-state index < -0.39 is 11.7 Å². The first-order valence-electron chi connectivity index (χ1n) is 9.17. The van der Waals surface area contributed by atoms with Crippen LogP contribution >= 0.6 is 0 Å². The second kappa shape index (κ2) is 8.57. The topological polar surface area (TPSA) is 32.3 Å². The minimum Gasteiger partial charge on any atom is -0.337 e. The molecule has 0 saturated carbocycles. The average Bonchev–Trinajstić information content (AvgIpc) is 3.18. The number of amides is 1. The fraction of sp³-hybridized carbons (Fsp3) is 0.381. The number of hydrogen-bond donors (Lipinski definition) is 1. The third-order valence-electron chi connectivity index (χ3n) is 4.86. The number of nitrogens with one attached hydrogen (secondary N) is 1. The third kappa shape index (κ3) is 5.32. The van der Waals surface area contributed by atoms with Crippen molar-refractivity contribution in [3.63, 3.8) is 0 Å². The van der Waals surface area contributed by atoms with Gasteiger partial charge in [-0.2, -0.15) is 13.2 Å². The predicted octanol–water partition coefficient (Wildman–Crippen LogP) is 4.14. The molecule has 2 aromatic carbocycles. The van der Waals surface area contributed by atoms with Crippen LogP contribution < -0.4 is 5.32 Å². The lowest BCUT2D eigenvalue weighted by molar-refractivity contribution is -0.137. The predicted molar refractivity (Wildman–Crippen MR) is 98.5 cm³/mol. The number of benzene rings is 2. The van der Waals surface area contributed by atoms with E-state index in [1.807, 2.05) is 30.3 Å². The molecule has 1 saturated heterocycles. The summed E-state index contributed by atoms with van der Waals surface area (Å²) in [5.74, 6) is -0.228. The molecule has 3 nitrogen and oxygen atoms in total. The Hall–Kier alpha value is -2.34. The Bertz CT molecular complexity index is 738. The zero-order valence-corrected chi connectivity index (χ0v) is 15.0. The molecule has 3 rings (SSSR count). The minimum atomic E-state index is -4.40. The number of alkyl halides is 3. The van der Waals surface area contributed by atoms with Crippen LogP contribution in [0.1, 0.15) is 34.3 Å². The van der Waals surface area contributed by atoms with E-state index in [0.29, 0.717) is 19.5 Å². The van der Waals surface area contributed by atoms with Crippen LogP contribution in [0.2, 0.25) is 0 Å². The van der Waals surface area contributed by atoms with Crippen molar-refractivity contribution in [3.05, 3.63) is 71.3 Å². The quantitative estimate of drug-likeness (QED) is 0.822. The van der Waals surface area contributed by atoms with Crippen LogP contribution in [0.3, 0.4) is 0 Å². The van der Waals surface area contributed by atoms with Gasteiger partial charge in [-0.05, 0) is 55.6 Å². The Labute approximate surface area is 157 Å². The van der Waals surface area contributed by atoms with Gasteiger partial charge in [0.2, 0.25) is 0 Å². The summed E-state index contributed by atoms with van der Waals surface area (Å²) in [6.45, 7) is 2.03. The summed E-state index contributed by atoms with van der Waals surface area (Å²) < 4.78 is 38.3. The first-order valence-corrected chi connectivity index (χ1v) is 9.17. The van der Waals surface area contributed by atoms with E-state index in [-0.39, 0.29) is 17.5 Å². The van der Waals surface area contributed by atoms with Crippen LogP contribution in [0.5, 0.6) is 0 Å². The highest BCUT2D eigenvalue weighted by molar-refractivity contribution is 5.94. The molecule has 0 aliphatic carbocycles. The normalized spacial score (nSPS) is 17.1. The molecule has 1 atom stereocenters. The summed E-state index contributed by atoms with van der Waals surface area (Å²) >= 11 is 0. The number of hydrogen-bond acceptors (Lipinski definition) is 2. The number of halogens is 3. The lowest BCUT2D eigenvalue weighted by Gasteiger charge is -2.26. The number of nitrogens with zero attached hydrogens (tertiary/aromatic N) is 1. The molecule has 1 heterocycles. The Kier molecular flexibility index (Phi) is 6.16. The summed E-state index contributed by atoms with van der Waals surface area (Å²) in [6.07, 6.45) is -1.62. The zero-order valence-electron chi connectivity index (χ0n) is 15.0. The maximum Gasteiger partial charge on any atom is 0.416 e. The molecule has 1 aliphatic heterocycles. The summed E-state index contributed by atoms with van der Waals surface area (Å²) in [7, 11) is 0. The molecule has 0 spiro atoms. The summed E-state index contributed by atoms with van der Waals surface area (Å²) in [5.41, 5.74) is 0.670. The van der Waals surface area contributed by atoms with Gasteiger partial charge in [-0.3, -0.25) is 4.79 Å². The number of carbonyl (C=O) groups excluding carboxylic acids is 1. The minimum absolute atomic E-state index is 0.228. The molecule has 144 valence electrons. The molecule has 27 heavy (non-hydrogen) atoms. The zero-order chi connectivity index (χ0) is 19.3. The highest BCUT2D eigenvalue weighted by atomic mass is 19.4. The van der Waals surface area contributed by atoms with Crippen LogP contribution in [0.15, 0.2) is 54.6 Å². The van der Waals surface area contributed by atoms with Gasteiger partial charge in [0.15, 0.2) is 0 Å². The summed E-state index contributed by atoms with van der Waals surface area (Å²) in [4.78, 5) is 14.7. The van der Waals surface area contributed by atoms with Crippen LogP contribution in [-0.2, 0) is 12.6 Å². The number of rotatable bonds is 6. The SMILES string of the molecule is O=C(c1ccc(C(F)(F)F)cc1)N(CCc1ccccc1)C[C@@H]1CCCN1. The largest absolute Gasteiger partial charge is 0.416 e. The molecule has 6 heteroatoms. The molecule has 1 amide bonds. The highest BCUT2D eigenvalue weighted by Crippen LogP contribution is 2.29. The molecule has 1 fully saturated rings. The van der Waals surface area contributed by atoms with Crippen molar-refractivity contribution in [3.8, 4) is 0 Å². The van der Waals surface area contributed by atoms with E-state index in [4.69, 9.17) is 0 Å². The molecule has 2 aromatic rings. The smallest absolute Gasteiger partial charge is 0.337 e. The second-order valence-corrected chi connectivity index (χ2v) is 6.86. The van der Waals surface area contributed by atoms with E-state index >= 15 is 0 Å². The van der Waals surface area contributed by atoms with Crippen molar-refractivity contribution in [2.75, 3.05) is 19.6 Å². The first-order chi connectivity index (χ1) is 12.9. The van der Waals surface area contributed by atoms with Crippen molar-refractivity contribution in [1.29, 1.82) is 0 Å². The Morgan fingerprint density at radius 3 is 2.37 bits per heavy atom. The highest BCUT2D eigenvalue weighted by Gasteiger charge is 2.30. The summed E-state index contributed by atoms with van der Waals surface area (Å²) in [6, 6.07) is 14.6. The van der Waals surface area contributed by atoms with E-state index in [0.717, 1.165) is 37.1 Å². The van der Waals surface area contributed by atoms with Crippen LogP contribution in [0, 0.1) is 0 Å². The third-order valence-corrected chi connectivity index (χ3v) is 4.86. The maximum atomic E-state index is 12.9. The Morgan fingerprint density at radius 1 is 1.07 bits per heavy atom. The van der Waals surface area contributed by atoms with Gasteiger partial charge in [0.25, 0.3) is 5.91 Å². The van der Waals surface area contributed by atoms with E-state index in [2.05, 4.69) is 5.32 Å². The van der Waals surface area contributed by atoms with E-state index in [9.17, 15) is 18.0 Å². The fourth-order valence-electron chi connectivity index (χ4n) is 3.35. The second-order valence-electron chi connectivity index (χ2n) is 6.86. The maximum absolute atomic E-state index is 12.9. The monoisotopic (exact) mass is 376 g/mol. The molecule has 0 aromatic heterocycles. The summed E-state index contributed by atoms with van der Waals surface area (Å²) in [5, 5.41) is 3.38. The van der Waals surface area contributed by atoms with Crippen molar-refractivity contribution in [2.45, 2.75) is 31.5 Å². The molecular weight excluding hydrogens is 353 g/mol. The van der Waals surface area contributed by atoms with Crippen LogP contribution in [-0.4, -0.2) is 36.5 Å². The van der Waals surface area contributed by atoms with Crippen molar-refractivity contribution in [2.24, 2.45) is 0 Å². The lowest BCUT2D eigenvalue weighted by atomic mass is 10.1. The van der Waals surface area contributed by atoms with E-state index in [1.54, 1.807) is 4.90 Å². The van der Waals surface area contributed by atoms with Gasteiger partial charge in [-0.1, -0.05) is 30.3 Å². The Morgan fingerprint density at radius 2 is 1.78 bits per heavy atom. The fourth-order valence-corrected chi connectivity index (χ4v) is 3.35. The molecule has 0 unspecified atom stereocenters. The van der Waals surface area contributed by atoms with Crippen LogP contribution in [0.25, 0.3) is 0 Å². The Balaban J connectivity index is 1.72. The van der Waals surface area contributed by atoms with Gasteiger partial charge in [-0.15, -0.1) is 0 Å². The van der Waals surface area contributed by atoms with Crippen molar-refractivity contribution < 1.29 is 18.0 Å². The van der Waals surface area contributed by atoms with Gasteiger partial charge >= 0.3 is 6.18 Å². The van der Waals surface area contributed by atoms with E-state index in [1.165, 1.54) is 12.1 Å². The molecular formula is C21H23F3N2O. The van der Waals surface area contributed by atoms with Crippen LogP contribution in [0.4, 0.5) is 13.2 Å². The average molecular weight is 376 g/mol. The number of carbonyl (C=O) groups is 1. The van der Waals surface area contributed by atoms with Crippen molar-refractivity contribution >= 4 is 5.91 Å². The van der Waals surface area contributed by atoms with Gasteiger partial charge in [-0.25, -0.2) is 0 Å². The molecule has 1 N–H and O–H groups in total. The van der Waals surface area contributed by atoms with Gasteiger partial charge < -0.3 is 10.2 Å². The molecule has 0 radical (unpaired) electrons. The lowest BCUT2D eigenvalue weighted by Crippen LogP contribution is -2.42. The van der Waals surface area contributed by atoms with Gasteiger partial charge in [0.05, 0.1) is 5.56 Å². The molecule has 1 aliphatic rings. The molecule has 0 bridgehead atoms. The first kappa shape index (κ1) is 19.4.